The number of rotatable bonds is 2. The maximum atomic E-state index is 11.4. The summed E-state index contributed by atoms with van der Waals surface area (Å²) in [6, 6.07) is 5.06. The Bertz CT molecular complexity index is 507. The normalized spacial score (nSPS) is 10.5. The van der Waals surface area contributed by atoms with E-state index in [-0.39, 0.29) is 5.97 Å². The maximum absolute atomic E-state index is 11.4. The van der Waals surface area contributed by atoms with Gasteiger partial charge in [-0.05, 0) is 25.1 Å². The van der Waals surface area contributed by atoms with E-state index in [1.165, 1.54) is 0 Å². The number of hydrogen-bond acceptors (Lipinski definition) is 3. The molecule has 4 nitrogen and oxygen atoms in total. The number of carbonyl (C=O) groups is 1. The third kappa shape index (κ3) is 1.80. The van der Waals surface area contributed by atoms with Crippen LogP contribution in [0.4, 0.5) is 0 Å². The van der Waals surface area contributed by atoms with Crippen LogP contribution < -0.4 is 0 Å². The van der Waals surface area contributed by atoms with Gasteiger partial charge in [0, 0.05) is 5.39 Å². The summed E-state index contributed by atoms with van der Waals surface area (Å²) >= 11 is 5.86. The number of hydrogen-bond donors (Lipinski definition) is 1. The second-order valence-electron chi connectivity index (χ2n) is 2.99. The van der Waals surface area contributed by atoms with Gasteiger partial charge in [0.2, 0.25) is 0 Å². The molecule has 0 spiro atoms. The second-order valence-corrected chi connectivity index (χ2v) is 3.37. The molecule has 0 atom stereocenters. The fraction of sp³-hybridized carbons (Fsp3) is 0.200. The predicted molar refractivity (Wildman–Crippen MR) is 57.1 cm³/mol. The number of H-pyrrole nitrogens is 1. The second kappa shape index (κ2) is 3.90. The minimum absolute atomic E-state index is 0.350. The number of fused-ring (bicyclic) bond motifs is 1. The number of ether oxygens (including phenoxy) is 1. The van der Waals surface area contributed by atoms with Crippen molar-refractivity contribution in [3.05, 3.63) is 28.9 Å². The first kappa shape index (κ1) is 9.98. The quantitative estimate of drug-likeness (QED) is 0.797. The first-order valence-electron chi connectivity index (χ1n) is 4.53. The zero-order valence-electron chi connectivity index (χ0n) is 8.08. The van der Waals surface area contributed by atoms with E-state index in [2.05, 4.69) is 10.2 Å². The lowest BCUT2D eigenvalue weighted by Gasteiger charge is -2.00. The molecule has 5 heteroatoms. The lowest BCUT2D eigenvalue weighted by atomic mass is 10.1. The van der Waals surface area contributed by atoms with Crippen molar-refractivity contribution in [2.75, 3.05) is 6.61 Å². The van der Waals surface area contributed by atoms with E-state index < -0.39 is 0 Å². The van der Waals surface area contributed by atoms with Gasteiger partial charge in [0.05, 0.1) is 17.7 Å². The summed E-state index contributed by atoms with van der Waals surface area (Å²) in [6.07, 6.45) is 0. The van der Waals surface area contributed by atoms with Gasteiger partial charge in [0.15, 0.2) is 0 Å². The Morgan fingerprint density at radius 3 is 3.13 bits per heavy atom. The summed E-state index contributed by atoms with van der Waals surface area (Å²) in [4.78, 5) is 11.4. The SMILES string of the molecule is CCOC(=O)c1ccc2n[nH]c(Cl)c2c1. The molecule has 0 aliphatic rings. The van der Waals surface area contributed by atoms with Crippen molar-refractivity contribution in [1.82, 2.24) is 10.2 Å². The molecule has 15 heavy (non-hydrogen) atoms. The highest BCUT2D eigenvalue weighted by atomic mass is 35.5. The molecule has 0 unspecified atom stereocenters. The third-order valence-corrected chi connectivity index (χ3v) is 2.31. The van der Waals surface area contributed by atoms with E-state index in [1.54, 1.807) is 25.1 Å². The van der Waals surface area contributed by atoms with Gasteiger partial charge >= 0.3 is 5.97 Å². The van der Waals surface area contributed by atoms with Crippen LogP contribution in [-0.2, 0) is 4.74 Å². The molecular formula is C10H9ClN2O2. The molecular weight excluding hydrogens is 216 g/mol. The van der Waals surface area contributed by atoms with E-state index in [0.29, 0.717) is 17.3 Å². The molecule has 0 aliphatic heterocycles. The lowest BCUT2D eigenvalue weighted by molar-refractivity contribution is 0.0526. The van der Waals surface area contributed by atoms with Gasteiger partial charge < -0.3 is 4.74 Å². The summed E-state index contributed by atoms with van der Waals surface area (Å²) in [6.45, 7) is 2.12. The Morgan fingerprint density at radius 2 is 2.40 bits per heavy atom. The Kier molecular flexibility index (Phi) is 2.60. The zero-order valence-corrected chi connectivity index (χ0v) is 8.84. The van der Waals surface area contributed by atoms with Crippen LogP contribution in [0.25, 0.3) is 10.9 Å². The number of nitrogens with one attached hydrogen (secondary N) is 1. The molecule has 2 aromatic rings. The highest BCUT2D eigenvalue weighted by Gasteiger charge is 2.09. The molecule has 0 radical (unpaired) electrons. The Hall–Kier alpha value is -1.55. The Morgan fingerprint density at radius 1 is 1.60 bits per heavy atom. The van der Waals surface area contributed by atoms with Crippen LogP contribution in [0.3, 0.4) is 0 Å². The molecule has 0 saturated carbocycles. The predicted octanol–water partition coefficient (Wildman–Crippen LogP) is 2.39. The van der Waals surface area contributed by atoms with Gasteiger partial charge in [-0.15, -0.1) is 0 Å². The first-order chi connectivity index (χ1) is 7.22. The Balaban J connectivity index is 2.45. The minimum atomic E-state index is -0.350. The van der Waals surface area contributed by atoms with Crippen molar-refractivity contribution >= 4 is 28.5 Å². The molecule has 2 rings (SSSR count). The van der Waals surface area contributed by atoms with Crippen molar-refractivity contribution in [1.29, 1.82) is 0 Å². The smallest absolute Gasteiger partial charge is 0.338 e. The van der Waals surface area contributed by atoms with Gasteiger partial charge in [0.1, 0.15) is 5.15 Å². The number of esters is 1. The molecule has 1 aromatic carbocycles. The van der Waals surface area contributed by atoms with Gasteiger partial charge in [-0.1, -0.05) is 11.6 Å². The zero-order chi connectivity index (χ0) is 10.8. The summed E-state index contributed by atoms with van der Waals surface area (Å²) in [5.41, 5.74) is 1.21. The number of halogens is 1. The van der Waals surface area contributed by atoms with Crippen LogP contribution in [0.15, 0.2) is 18.2 Å². The van der Waals surface area contributed by atoms with Crippen LogP contribution in [0, 0.1) is 0 Å². The molecule has 0 aliphatic carbocycles. The molecule has 78 valence electrons. The first-order valence-corrected chi connectivity index (χ1v) is 4.91. The van der Waals surface area contributed by atoms with Gasteiger partial charge in [-0.3, -0.25) is 5.10 Å². The van der Waals surface area contributed by atoms with Crippen LogP contribution >= 0.6 is 11.6 Å². The Labute approximate surface area is 91.2 Å². The molecule has 0 saturated heterocycles. The molecule has 1 aromatic heterocycles. The van der Waals surface area contributed by atoms with Crippen molar-refractivity contribution in [3.8, 4) is 0 Å². The van der Waals surface area contributed by atoms with Crippen LogP contribution in [0.1, 0.15) is 17.3 Å². The highest BCUT2D eigenvalue weighted by molar-refractivity contribution is 6.34. The van der Waals surface area contributed by atoms with Gasteiger partial charge in [-0.25, -0.2) is 4.79 Å². The standard InChI is InChI=1S/C10H9ClN2O2/c1-2-15-10(14)6-3-4-8-7(5-6)9(11)13-12-8/h3-5H,2H2,1H3,(H,12,13). The number of nitrogens with zero attached hydrogens (tertiary/aromatic N) is 1. The molecule has 0 fully saturated rings. The molecule has 1 N–H and O–H groups in total. The van der Waals surface area contributed by atoms with E-state index in [9.17, 15) is 4.79 Å². The molecule has 0 bridgehead atoms. The van der Waals surface area contributed by atoms with Gasteiger partial charge in [-0.2, -0.15) is 5.10 Å². The summed E-state index contributed by atoms with van der Waals surface area (Å²) in [5, 5.41) is 7.74. The topological polar surface area (TPSA) is 55.0 Å². The van der Waals surface area contributed by atoms with Crippen LogP contribution in [0.2, 0.25) is 5.15 Å². The number of aromatic nitrogens is 2. The highest BCUT2D eigenvalue weighted by Crippen LogP contribution is 2.21. The summed E-state index contributed by atoms with van der Waals surface area (Å²) in [7, 11) is 0. The average Bonchev–Trinajstić information content (AvgIpc) is 2.60. The van der Waals surface area contributed by atoms with Crippen molar-refractivity contribution in [2.45, 2.75) is 6.92 Å². The largest absolute Gasteiger partial charge is 0.462 e. The third-order valence-electron chi connectivity index (χ3n) is 2.02. The monoisotopic (exact) mass is 224 g/mol. The fourth-order valence-corrected chi connectivity index (χ4v) is 1.51. The number of aromatic amines is 1. The van der Waals surface area contributed by atoms with Crippen molar-refractivity contribution in [2.24, 2.45) is 0 Å². The van der Waals surface area contributed by atoms with E-state index in [0.717, 1.165) is 10.9 Å². The molecule has 0 amide bonds. The van der Waals surface area contributed by atoms with Gasteiger partial charge in [0.25, 0.3) is 0 Å². The average molecular weight is 225 g/mol. The fourth-order valence-electron chi connectivity index (χ4n) is 1.32. The number of carbonyl (C=O) groups excluding carboxylic acids is 1. The summed E-state index contributed by atoms with van der Waals surface area (Å²) < 4.78 is 4.88. The van der Waals surface area contributed by atoms with E-state index in [1.807, 2.05) is 0 Å². The molecule has 1 heterocycles. The lowest BCUT2D eigenvalue weighted by Crippen LogP contribution is -2.03. The van der Waals surface area contributed by atoms with Crippen LogP contribution in [-0.4, -0.2) is 22.8 Å². The van der Waals surface area contributed by atoms with Crippen molar-refractivity contribution < 1.29 is 9.53 Å². The maximum Gasteiger partial charge on any atom is 0.338 e. The summed E-state index contributed by atoms with van der Waals surface area (Å²) in [5.74, 6) is -0.350. The van der Waals surface area contributed by atoms with Crippen LogP contribution in [0.5, 0.6) is 0 Å². The van der Waals surface area contributed by atoms with E-state index in [4.69, 9.17) is 16.3 Å². The minimum Gasteiger partial charge on any atom is -0.462 e. The number of benzene rings is 1. The van der Waals surface area contributed by atoms with E-state index >= 15 is 0 Å². The van der Waals surface area contributed by atoms with Crippen molar-refractivity contribution in [3.63, 3.8) is 0 Å².